The Kier molecular flexibility index (Phi) is 8.28. The van der Waals surface area contributed by atoms with E-state index in [9.17, 15) is 14.3 Å². The van der Waals surface area contributed by atoms with Crippen molar-refractivity contribution in [1.29, 1.82) is 0 Å². The second-order valence-electron chi connectivity index (χ2n) is 5.74. The van der Waals surface area contributed by atoms with Gasteiger partial charge in [-0.2, -0.15) is 0 Å². The lowest BCUT2D eigenvalue weighted by atomic mass is 10.2. The third kappa shape index (κ3) is 6.54. The maximum atomic E-state index is 13.5. The van der Waals surface area contributed by atoms with Gasteiger partial charge in [0.15, 0.2) is 11.5 Å². The number of methoxy groups -OCH3 is 2. The molecule has 0 spiro atoms. The van der Waals surface area contributed by atoms with Gasteiger partial charge in [0.2, 0.25) is 0 Å². The minimum absolute atomic E-state index is 0.0136. The second-order valence-corrected chi connectivity index (χ2v) is 6.60. The number of hydrogen-bond donors (Lipinski definition) is 2. The van der Waals surface area contributed by atoms with Crippen LogP contribution in [0.2, 0.25) is 0 Å². The molecule has 2 aromatic carbocycles. The smallest absolute Gasteiger partial charge is 0.330 e. The zero-order chi connectivity index (χ0) is 20.5. The van der Waals surface area contributed by atoms with E-state index >= 15 is 0 Å². The SMILES string of the molecule is COC(=O)/C=C/c1ccc(OCC(O)CNc2ccc(Br)c(F)c2)c(OC)c1. The minimum Gasteiger partial charge on any atom is -0.493 e. The standard InChI is InChI=1S/C20H21BrFNO5/c1-26-19-9-13(4-8-20(25)27-2)3-7-18(19)28-12-15(24)11-23-14-5-6-16(21)17(22)10-14/h3-10,15,23-24H,11-12H2,1-2H3/b8-4+. The molecule has 1 unspecified atom stereocenters. The number of nitrogens with one attached hydrogen (secondary N) is 1. The second kappa shape index (κ2) is 10.7. The molecular weight excluding hydrogens is 433 g/mol. The summed E-state index contributed by atoms with van der Waals surface area (Å²) in [4.78, 5) is 11.2. The molecule has 1 atom stereocenters. The molecule has 6 nitrogen and oxygen atoms in total. The Hall–Kier alpha value is -2.58. The molecule has 150 valence electrons. The summed E-state index contributed by atoms with van der Waals surface area (Å²) in [6.07, 6.45) is 2.07. The van der Waals surface area contributed by atoms with E-state index in [0.717, 1.165) is 5.56 Å². The van der Waals surface area contributed by atoms with Crippen molar-refractivity contribution in [3.8, 4) is 11.5 Å². The monoisotopic (exact) mass is 453 g/mol. The van der Waals surface area contributed by atoms with Crippen molar-refractivity contribution in [3.05, 3.63) is 58.3 Å². The summed E-state index contributed by atoms with van der Waals surface area (Å²) >= 11 is 3.09. The number of benzene rings is 2. The lowest BCUT2D eigenvalue weighted by molar-refractivity contribution is -0.134. The van der Waals surface area contributed by atoms with Gasteiger partial charge in [-0.15, -0.1) is 0 Å². The van der Waals surface area contributed by atoms with E-state index in [1.165, 1.54) is 26.4 Å². The van der Waals surface area contributed by atoms with Crippen LogP contribution in [0.15, 0.2) is 46.9 Å². The average Bonchev–Trinajstić information content (AvgIpc) is 2.71. The van der Waals surface area contributed by atoms with Crippen molar-refractivity contribution < 1.29 is 28.5 Å². The molecule has 0 amide bonds. The molecular formula is C20H21BrFNO5. The molecule has 8 heteroatoms. The van der Waals surface area contributed by atoms with E-state index in [4.69, 9.17) is 9.47 Å². The number of aliphatic hydroxyl groups is 1. The van der Waals surface area contributed by atoms with Crippen LogP contribution in [-0.4, -0.2) is 44.6 Å². The molecule has 0 bridgehead atoms. The van der Waals surface area contributed by atoms with Crippen LogP contribution >= 0.6 is 15.9 Å². The highest BCUT2D eigenvalue weighted by Gasteiger charge is 2.10. The van der Waals surface area contributed by atoms with Gasteiger partial charge in [-0.3, -0.25) is 0 Å². The van der Waals surface area contributed by atoms with Gasteiger partial charge >= 0.3 is 5.97 Å². The fraction of sp³-hybridized carbons (Fsp3) is 0.250. The minimum atomic E-state index is -0.824. The molecule has 28 heavy (non-hydrogen) atoms. The van der Waals surface area contributed by atoms with Crippen LogP contribution < -0.4 is 14.8 Å². The molecule has 0 radical (unpaired) electrons. The summed E-state index contributed by atoms with van der Waals surface area (Å²) in [7, 11) is 2.80. The van der Waals surface area contributed by atoms with Crippen molar-refractivity contribution >= 4 is 33.7 Å². The van der Waals surface area contributed by atoms with Gasteiger partial charge in [0.1, 0.15) is 18.5 Å². The number of halogens is 2. The number of carbonyl (C=O) groups is 1. The Morgan fingerprint density at radius 2 is 2.04 bits per heavy atom. The lowest BCUT2D eigenvalue weighted by Crippen LogP contribution is -2.26. The Labute approximate surface area is 171 Å². The highest BCUT2D eigenvalue weighted by Crippen LogP contribution is 2.28. The first-order valence-corrected chi connectivity index (χ1v) is 9.16. The first-order chi connectivity index (χ1) is 13.4. The van der Waals surface area contributed by atoms with Crippen molar-refractivity contribution in [1.82, 2.24) is 0 Å². The molecule has 2 aromatic rings. The number of hydrogen-bond acceptors (Lipinski definition) is 6. The third-order valence-corrected chi connectivity index (χ3v) is 4.34. The van der Waals surface area contributed by atoms with E-state index < -0.39 is 12.1 Å². The van der Waals surface area contributed by atoms with Crippen LogP contribution in [0.4, 0.5) is 10.1 Å². The molecule has 0 fully saturated rings. The highest BCUT2D eigenvalue weighted by atomic mass is 79.9. The third-order valence-electron chi connectivity index (χ3n) is 3.69. The Balaban J connectivity index is 1.90. The summed E-state index contributed by atoms with van der Waals surface area (Å²) in [6.45, 7) is 0.197. The van der Waals surface area contributed by atoms with E-state index in [0.29, 0.717) is 21.7 Å². The first kappa shape index (κ1) is 21.7. The maximum absolute atomic E-state index is 13.5. The number of anilines is 1. The molecule has 0 aliphatic rings. The van der Waals surface area contributed by atoms with E-state index in [-0.39, 0.29) is 19.0 Å². The molecule has 0 saturated carbocycles. The van der Waals surface area contributed by atoms with Crippen LogP contribution in [0.25, 0.3) is 6.08 Å². The van der Waals surface area contributed by atoms with Crippen molar-refractivity contribution in [2.75, 3.05) is 32.7 Å². The van der Waals surface area contributed by atoms with Crippen LogP contribution in [0.1, 0.15) is 5.56 Å². The fourth-order valence-electron chi connectivity index (χ4n) is 2.23. The summed E-state index contributed by atoms with van der Waals surface area (Å²) in [6, 6.07) is 9.74. The van der Waals surface area contributed by atoms with E-state index in [2.05, 4.69) is 26.0 Å². The fourth-order valence-corrected chi connectivity index (χ4v) is 2.47. The van der Waals surface area contributed by atoms with Crippen molar-refractivity contribution in [2.45, 2.75) is 6.10 Å². The van der Waals surface area contributed by atoms with Gasteiger partial charge < -0.3 is 24.6 Å². The van der Waals surface area contributed by atoms with Crippen LogP contribution in [0.3, 0.4) is 0 Å². The van der Waals surface area contributed by atoms with Gasteiger partial charge in [0.25, 0.3) is 0 Å². The Morgan fingerprint density at radius 3 is 2.71 bits per heavy atom. The predicted octanol–water partition coefficient (Wildman–Crippen LogP) is 3.63. The van der Waals surface area contributed by atoms with Gasteiger partial charge in [-0.05, 0) is 57.9 Å². The van der Waals surface area contributed by atoms with Crippen LogP contribution in [0.5, 0.6) is 11.5 Å². The van der Waals surface area contributed by atoms with Crippen molar-refractivity contribution in [2.24, 2.45) is 0 Å². The first-order valence-electron chi connectivity index (χ1n) is 8.36. The lowest BCUT2D eigenvalue weighted by Gasteiger charge is -2.16. The van der Waals surface area contributed by atoms with Gasteiger partial charge in [-0.25, -0.2) is 9.18 Å². The quantitative estimate of drug-likeness (QED) is 0.445. The summed E-state index contributed by atoms with van der Waals surface area (Å²) in [5.74, 6) is 0.0657. The molecule has 2 N–H and O–H groups in total. The summed E-state index contributed by atoms with van der Waals surface area (Å²) in [5, 5.41) is 13.0. The largest absolute Gasteiger partial charge is 0.493 e. The van der Waals surface area contributed by atoms with Gasteiger partial charge in [0, 0.05) is 18.3 Å². The number of carbonyl (C=O) groups excluding carboxylic acids is 1. The summed E-state index contributed by atoms with van der Waals surface area (Å²) in [5.41, 5.74) is 1.29. The Morgan fingerprint density at radius 1 is 1.25 bits per heavy atom. The highest BCUT2D eigenvalue weighted by molar-refractivity contribution is 9.10. The van der Waals surface area contributed by atoms with Crippen molar-refractivity contribution in [3.63, 3.8) is 0 Å². The molecule has 0 saturated heterocycles. The normalized spacial score (nSPS) is 11.9. The number of rotatable bonds is 9. The van der Waals surface area contributed by atoms with Gasteiger partial charge in [-0.1, -0.05) is 6.07 Å². The Bertz CT molecular complexity index is 843. The number of esters is 1. The number of aliphatic hydroxyl groups excluding tert-OH is 1. The van der Waals surface area contributed by atoms with Crippen LogP contribution in [0, 0.1) is 5.82 Å². The number of ether oxygens (including phenoxy) is 3. The molecule has 0 aliphatic heterocycles. The topological polar surface area (TPSA) is 77.0 Å². The molecule has 0 aliphatic carbocycles. The molecule has 2 rings (SSSR count). The molecule has 0 aromatic heterocycles. The van der Waals surface area contributed by atoms with Gasteiger partial charge in [0.05, 0.1) is 18.7 Å². The zero-order valence-electron chi connectivity index (χ0n) is 15.4. The maximum Gasteiger partial charge on any atom is 0.330 e. The average molecular weight is 454 g/mol. The summed E-state index contributed by atoms with van der Waals surface area (Å²) < 4.78 is 29.3. The van der Waals surface area contributed by atoms with Crippen LogP contribution in [-0.2, 0) is 9.53 Å². The van der Waals surface area contributed by atoms with E-state index in [1.54, 1.807) is 36.4 Å². The molecule has 0 heterocycles. The zero-order valence-corrected chi connectivity index (χ0v) is 17.0. The predicted molar refractivity (Wildman–Crippen MR) is 108 cm³/mol. The van der Waals surface area contributed by atoms with E-state index in [1.807, 2.05) is 0 Å².